The highest BCUT2D eigenvalue weighted by atomic mass is 19.1. The maximum atomic E-state index is 13.4. The van der Waals surface area contributed by atoms with Crippen molar-refractivity contribution in [3.63, 3.8) is 0 Å². The van der Waals surface area contributed by atoms with E-state index in [0.29, 0.717) is 23.6 Å². The lowest BCUT2D eigenvalue weighted by Crippen LogP contribution is -2.19. The molecule has 0 bridgehead atoms. The number of aromatic nitrogens is 1. The van der Waals surface area contributed by atoms with Crippen LogP contribution in [0.2, 0.25) is 0 Å². The van der Waals surface area contributed by atoms with Gasteiger partial charge in [-0.25, -0.2) is 14.2 Å². The monoisotopic (exact) mass is 272 g/mol. The quantitative estimate of drug-likeness (QED) is 0.913. The minimum atomic E-state index is -1.02. The molecule has 0 radical (unpaired) electrons. The number of carboxylic acid groups (broad SMARTS) is 1. The Morgan fingerprint density at radius 3 is 2.95 bits per heavy atom. The van der Waals surface area contributed by atoms with Gasteiger partial charge in [-0.15, -0.1) is 0 Å². The fourth-order valence-electron chi connectivity index (χ4n) is 2.59. The molecule has 1 aromatic carbocycles. The van der Waals surface area contributed by atoms with Gasteiger partial charge in [-0.1, -0.05) is 6.07 Å². The lowest BCUT2D eigenvalue weighted by Gasteiger charge is -2.21. The number of carboxylic acids is 1. The number of hydrogen-bond acceptors (Lipinski definition) is 3. The molecule has 1 N–H and O–H groups in total. The zero-order chi connectivity index (χ0) is 14.3. The van der Waals surface area contributed by atoms with Crippen molar-refractivity contribution in [2.45, 2.75) is 13.3 Å². The Hall–Kier alpha value is -2.43. The third kappa shape index (κ3) is 1.91. The first kappa shape index (κ1) is 12.6. The van der Waals surface area contributed by atoms with Gasteiger partial charge in [0.25, 0.3) is 0 Å². The molecule has 1 aliphatic heterocycles. The highest BCUT2D eigenvalue weighted by Crippen LogP contribution is 2.36. The Kier molecular flexibility index (Phi) is 2.89. The second kappa shape index (κ2) is 4.59. The molecular formula is C15H13FN2O2. The third-order valence-corrected chi connectivity index (χ3v) is 3.55. The van der Waals surface area contributed by atoms with Crippen LogP contribution in [0, 0.1) is 12.7 Å². The summed E-state index contributed by atoms with van der Waals surface area (Å²) in [5.41, 5.74) is 2.52. The highest BCUT2D eigenvalue weighted by Gasteiger charge is 2.26. The number of fused-ring (bicyclic) bond motifs is 1. The number of hydrogen-bond donors (Lipinski definition) is 1. The molecule has 4 nitrogen and oxygen atoms in total. The second-order valence-electron chi connectivity index (χ2n) is 4.81. The molecule has 1 aliphatic rings. The summed E-state index contributed by atoms with van der Waals surface area (Å²) in [6, 6.07) is 6.25. The molecule has 3 rings (SSSR count). The van der Waals surface area contributed by atoms with Crippen LogP contribution >= 0.6 is 0 Å². The Morgan fingerprint density at radius 1 is 1.40 bits per heavy atom. The van der Waals surface area contributed by atoms with E-state index in [2.05, 4.69) is 4.98 Å². The molecule has 0 saturated heterocycles. The van der Waals surface area contributed by atoms with Gasteiger partial charge < -0.3 is 10.0 Å². The van der Waals surface area contributed by atoms with Crippen molar-refractivity contribution in [3.8, 4) is 0 Å². The van der Waals surface area contributed by atoms with Crippen LogP contribution in [-0.2, 0) is 6.42 Å². The lowest BCUT2D eigenvalue weighted by atomic mass is 10.1. The summed E-state index contributed by atoms with van der Waals surface area (Å²) < 4.78 is 13.4. The van der Waals surface area contributed by atoms with E-state index in [1.165, 1.54) is 12.1 Å². The maximum absolute atomic E-state index is 13.4. The van der Waals surface area contributed by atoms with E-state index in [9.17, 15) is 14.3 Å². The van der Waals surface area contributed by atoms with Crippen molar-refractivity contribution in [3.05, 3.63) is 53.0 Å². The van der Waals surface area contributed by atoms with Gasteiger partial charge in [0, 0.05) is 18.4 Å². The van der Waals surface area contributed by atoms with E-state index in [-0.39, 0.29) is 11.4 Å². The minimum absolute atomic E-state index is 0.171. The number of rotatable bonds is 2. The van der Waals surface area contributed by atoms with Crippen LogP contribution in [0.5, 0.6) is 0 Å². The summed E-state index contributed by atoms with van der Waals surface area (Å²) in [4.78, 5) is 17.4. The van der Waals surface area contributed by atoms with E-state index >= 15 is 0 Å². The second-order valence-corrected chi connectivity index (χ2v) is 4.81. The SMILES string of the molecule is Cc1ccnc(N2CCc3ccc(F)cc32)c1C(=O)O. The van der Waals surface area contributed by atoms with E-state index in [1.807, 2.05) is 0 Å². The largest absolute Gasteiger partial charge is 0.478 e. The fourth-order valence-corrected chi connectivity index (χ4v) is 2.59. The first-order valence-electron chi connectivity index (χ1n) is 6.33. The average Bonchev–Trinajstić information content (AvgIpc) is 2.80. The molecule has 2 aromatic rings. The van der Waals surface area contributed by atoms with Crippen LogP contribution in [0.25, 0.3) is 0 Å². The third-order valence-electron chi connectivity index (χ3n) is 3.55. The van der Waals surface area contributed by atoms with Gasteiger partial charge in [-0.3, -0.25) is 0 Å². The molecule has 0 amide bonds. The number of benzene rings is 1. The Morgan fingerprint density at radius 2 is 2.20 bits per heavy atom. The molecule has 0 unspecified atom stereocenters. The van der Waals surface area contributed by atoms with Gasteiger partial charge in [0.2, 0.25) is 0 Å². The van der Waals surface area contributed by atoms with Crippen molar-refractivity contribution >= 4 is 17.5 Å². The summed E-state index contributed by atoms with van der Waals surface area (Å²) >= 11 is 0. The van der Waals surface area contributed by atoms with E-state index in [4.69, 9.17) is 0 Å². The van der Waals surface area contributed by atoms with Crippen LogP contribution < -0.4 is 4.90 Å². The summed E-state index contributed by atoms with van der Waals surface area (Å²) in [5, 5.41) is 9.37. The first-order valence-corrected chi connectivity index (χ1v) is 6.33. The van der Waals surface area contributed by atoms with E-state index < -0.39 is 5.97 Å². The van der Waals surface area contributed by atoms with Crippen molar-refractivity contribution in [2.75, 3.05) is 11.4 Å². The summed E-state index contributed by atoms with van der Waals surface area (Å²) in [5.74, 6) is -0.975. The van der Waals surface area contributed by atoms with Gasteiger partial charge >= 0.3 is 5.97 Å². The summed E-state index contributed by atoms with van der Waals surface area (Å²) in [7, 11) is 0. The van der Waals surface area contributed by atoms with Crippen molar-refractivity contribution < 1.29 is 14.3 Å². The van der Waals surface area contributed by atoms with Gasteiger partial charge in [0.15, 0.2) is 0 Å². The molecule has 0 aliphatic carbocycles. The number of pyridine rings is 1. The average molecular weight is 272 g/mol. The van der Waals surface area contributed by atoms with Gasteiger partial charge in [0.1, 0.15) is 17.2 Å². The molecule has 5 heteroatoms. The molecule has 102 valence electrons. The zero-order valence-corrected chi connectivity index (χ0v) is 10.9. The van der Waals surface area contributed by atoms with Crippen molar-refractivity contribution in [1.82, 2.24) is 4.98 Å². The van der Waals surface area contributed by atoms with Crippen LogP contribution in [0.4, 0.5) is 15.9 Å². The molecule has 0 spiro atoms. The Labute approximate surface area is 115 Å². The molecule has 1 aromatic heterocycles. The zero-order valence-electron chi connectivity index (χ0n) is 10.9. The van der Waals surface area contributed by atoms with Crippen molar-refractivity contribution in [2.24, 2.45) is 0 Å². The Bertz CT molecular complexity index is 700. The number of nitrogens with zero attached hydrogens (tertiary/aromatic N) is 2. The molecule has 0 fully saturated rings. The van der Waals surface area contributed by atoms with Gasteiger partial charge in [-0.2, -0.15) is 0 Å². The van der Waals surface area contributed by atoms with E-state index in [0.717, 1.165) is 12.0 Å². The first-order chi connectivity index (χ1) is 9.58. The van der Waals surface area contributed by atoms with Crippen LogP contribution in [0.3, 0.4) is 0 Å². The van der Waals surface area contributed by atoms with Crippen LogP contribution in [-0.4, -0.2) is 22.6 Å². The van der Waals surface area contributed by atoms with Crippen LogP contribution in [0.1, 0.15) is 21.5 Å². The molecule has 20 heavy (non-hydrogen) atoms. The van der Waals surface area contributed by atoms with Gasteiger partial charge in [-0.05, 0) is 42.7 Å². The molecule has 2 heterocycles. The number of carbonyl (C=O) groups is 1. The lowest BCUT2D eigenvalue weighted by molar-refractivity contribution is 0.0696. The minimum Gasteiger partial charge on any atom is -0.478 e. The normalized spacial score (nSPS) is 13.4. The number of aromatic carboxylic acids is 1. The predicted octanol–water partition coefficient (Wildman–Crippen LogP) is 2.92. The number of anilines is 2. The standard InChI is InChI=1S/C15H13FN2O2/c1-9-4-6-17-14(13(9)15(19)20)18-7-5-10-2-3-11(16)8-12(10)18/h2-4,6,8H,5,7H2,1H3,(H,19,20). The highest BCUT2D eigenvalue weighted by molar-refractivity contribution is 5.96. The fraction of sp³-hybridized carbons (Fsp3) is 0.200. The van der Waals surface area contributed by atoms with E-state index in [1.54, 1.807) is 30.2 Å². The smallest absolute Gasteiger partial charge is 0.339 e. The van der Waals surface area contributed by atoms with Gasteiger partial charge in [0.05, 0.1) is 0 Å². The van der Waals surface area contributed by atoms with Crippen LogP contribution in [0.15, 0.2) is 30.5 Å². The number of halogens is 1. The predicted molar refractivity (Wildman–Crippen MR) is 73.0 cm³/mol. The summed E-state index contributed by atoms with van der Waals surface area (Å²) in [6.07, 6.45) is 2.33. The molecule has 0 saturated carbocycles. The van der Waals surface area contributed by atoms with Crippen molar-refractivity contribution in [1.29, 1.82) is 0 Å². The number of aryl methyl sites for hydroxylation is 1. The molecular weight excluding hydrogens is 259 g/mol. The Balaban J connectivity index is 2.16. The summed E-state index contributed by atoms with van der Waals surface area (Å²) in [6.45, 7) is 2.34. The maximum Gasteiger partial charge on any atom is 0.339 e. The molecule has 0 atom stereocenters. The topological polar surface area (TPSA) is 53.4 Å².